The number of carbonyl (C=O) groups is 1. The van der Waals surface area contributed by atoms with Crippen LogP contribution in [0.1, 0.15) is 64.4 Å². The SMILES string of the molecule is CON[C@]12O[C@@]3(O)[C@]45O[C@@](O)(C[C@@]1(C)[C@@]4(O)CC[C@H](C)[C@H]5O)[C@@]3(C)[C@@](O)(C(C)C)[C@H]2OC(=O)c1ccc[nH]1. The summed E-state index contributed by atoms with van der Waals surface area (Å²) in [6.45, 7) is 8.08. The summed E-state index contributed by atoms with van der Waals surface area (Å²) in [7, 11) is 1.29. The van der Waals surface area contributed by atoms with Gasteiger partial charge in [-0.15, -0.1) is 0 Å². The second-order valence-electron chi connectivity index (χ2n) is 12.7. The first-order valence-electron chi connectivity index (χ1n) is 13.2. The van der Waals surface area contributed by atoms with Crippen molar-refractivity contribution in [2.45, 2.75) is 100 Å². The number of hydroxylamine groups is 1. The molecule has 0 unspecified atom stereocenters. The van der Waals surface area contributed by atoms with Gasteiger partial charge in [-0.2, -0.15) is 5.48 Å². The number of nitrogens with one attached hydrogen (secondary N) is 2. The summed E-state index contributed by atoms with van der Waals surface area (Å²) in [6.07, 6.45) is -1.50. The van der Waals surface area contributed by atoms with Crippen molar-refractivity contribution in [1.82, 2.24) is 10.5 Å². The summed E-state index contributed by atoms with van der Waals surface area (Å²) in [6, 6.07) is 3.11. The quantitative estimate of drug-likeness (QED) is 0.196. The normalized spacial score (nSPS) is 56.4. The Kier molecular flexibility index (Phi) is 5.02. The summed E-state index contributed by atoms with van der Waals surface area (Å²) in [5.41, 5.74) is -9.55. The standard InChI is InChI=1S/C26H38N2O10/c1-13(2)23(33)18(36-17(30)15-8-7-11-27-15)25(28-35-6)19(4)12-22(32)20(23,5)26(34,38-25)24(37-22)16(29)14(3)9-10-21(19,24)31/h7-8,11,13-14,16,18,27-29,31-34H,9-10,12H2,1-6H3/t14-,16+,18+,19-,20-,21-,22-,23+,24+,25+,26+/m0/s1. The van der Waals surface area contributed by atoms with Crippen molar-refractivity contribution >= 4 is 5.97 Å². The van der Waals surface area contributed by atoms with Crippen LogP contribution in [0, 0.1) is 22.7 Å². The fourth-order valence-electron chi connectivity index (χ4n) is 9.13. The maximum Gasteiger partial charge on any atom is 0.355 e. The van der Waals surface area contributed by atoms with Crippen LogP contribution in [0.3, 0.4) is 0 Å². The topological polar surface area (TPSA) is 183 Å². The van der Waals surface area contributed by atoms with E-state index in [1.54, 1.807) is 40.0 Å². The van der Waals surface area contributed by atoms with Gasteiger partial charge in [-0.05, 0) is 43.7 Å². The van der Waals surface area contributed by atoms with Crippen molar-refractivity contribution in [3.05, 3.63) is 24.0 Å². The molecule has 0 aromatic carbocycles. The lowest BCUT2D eigenvalue weighted by molar-refractivity contribution is -0.534. The van der Waals surface area contributed by atoms with E-state index in [-0.39, 0.29) is 18.5 Å². The van der Waals surface area contributed by atoms with Gasteiger partial charge in [-0.25, -0.2) is 4.79 Å². The molecule has 1 saturated carbocycles. The monoisotopic (exact) mass is 538 g/mol. The van der Waals surface area contributed by atoms with Crippen molar-refractivity contribution in [3.8, 4) is 0 Å². The maximum atomic E-state index is 13.4. The molecule has 1 aromatic heterocycles. The van der Waals surface area contributed by atoms with Crippen molar-refractivity contribution in [1.29, 1.82) is 0 Å². The fourth-order valence-corrected chi connectivity index (χ4v) is 9.13. The van der Waals surface area contributed by atoms with Gasteiger partial charge in [-0.1, -0.05) is 27.7 Å². The maximum absolute atomic E-state index is 13.4. The third-order valence-electron chi connectivity index (χ3n) is 11.2. The van der Waals surface area contributed by atoms with Gasteiger partial charge in [0.2, 0.25) is 5.79 Å². The number of fused-ring (bicyclic) bond motifs is 4. The van der Waals surface area contributed by atoms with Crippen molar-refractivity contribution in [2.75, 3.05) is 7.11 Å². The summed E-state index contributed by atoms with van der Waals surface area (Å²) >= 11 is 0. The van der Waals surface area contributed by atoms with E-state index < -0.39 is 74.9 Å². The minimum absolute atomic E-state index is 0.0596. The van der Waals surface area contributed by atoms with Gasteiger partial charge in [-0.3, -0.25) is 0 Å². The van der Waals surface area contributed by atoms with E-state index in [1.807, 2.05) is 0 Å². The molecule has 212 valence electrons. The number of aromatic amines is 1. The Morgan fingerprint density at radius 3 is 2.47 bits per heavy atom. The Labute approximate surface area is 220 Å². The van der Waals surface area contributed by atoms with Gasteiger partial charge in [0.25, 0.3) is 0 Å². The number of rotatable bonds is 5. The average Bonchev–Trinajstić information content (AvgIpc) is 3.41. The molecule has 5 heterocycles. The second kappa shape index (κ2) is 7.17. The fraction of sp³-hybridized carbons (Fsp3) is 0.808. The second-order valence-corrected chi connectivity index (χ2v) is 12.7. The number of ether oxygens (including phenoxy) is 3. The van der Waals surface area contributed by atoms with Crippen molar-refractivity contribution < 1.29 is 49.4 Å². The van der Waals surface area contributed by atoms with E-state index in [0.29, 0.717) is 6.42 Å². The van der Waals surface area contributed by atoms with Gasteiger partial charge < -0.3 is 49.6 Å². The number of aliphatic hydroxyl groups excluding tert-OH is 1. The number of carbonyl (C=O) groups excluding carboxylic acids is 1. The first kappa shape index (κ1) is 26.6. The summed E-state index contributed by atoms with van der Waals surface area (Å²) < 4.78 is 18.9. The van der Waals surface area contributed by atoms with Crippen LogP contribution in [0.4, 0.5) is 0 Å². The third-order valence-corrected chi connectivity index (χ3v) is 11.2. The molecule has 5 aliphatic rings. The molecule has 1 aliphatic carbocycles. The molecule has 6 rings (SSSR count). The highest BCUT2D eigenvalue weighted by Gasteiger charge is 3.04. The molecule has 1 aromatic rings. The molecule has 11 atom stereocenters. The molecule has 4 aliphatic heterocycles. The van der Waals surface area contributed by atoms with E-state index in [0.717, 1.165) is 0 Å². The molecule has 0 radical (unpaired) electrons. The predicted molar refractivity (Wildman–Crippen MR) is 128 cm³/mol. The molecule has 12 nitrogen and oxygen atoms in total. The summed E-state index contributed by atoms with van der Waals surface area (Å²) in [5.74, 6) is -7.06. The number of aliphatic hydroxyl groups is 5. The molecule has 1 spiro atoms. The Balaban J connectivity index is 1.71. The van der Waals surface area contributed by atoms with Crippen LogP contribution in [0.15, 0.2) is 18.3 Å². The molecule has 7 N–H and O–H groups in total. The Hall–Kier alpha value is -1.61. The number of H-pyrrole nitrogens is 1. The van der Waals surface area contributed by atoms with Gasteiger partial charge in [0, 0.05) is 12.6 Å². The van der Waals surface area contributed by atoms with E-state index in [2.05, 4.69) is 10.5 Å². The highest BCUT2D eigenvalue weighted by Crippen LogP contribution is 2.84. The molecule has 0 amide bonds. The van der Waals surface area contributed by atoms with Crippen LogP contribution >= 0.6 is 0 Å². The van der Waals surface area contributed by atoms with Crippen LogP contribution in [-0.2, 0) is 19.0 Å². The molecule has 12 heteroatoms. The zero-order valence-electron chi connectivity index (χ0n) is 22.4. The number of esters is 1. The van der Waals surface area contributed by atoms with Gasteiger partial charge in [0.15, 0.2) is 23.2 Å². The minimum Gasteiger partial charge on any atom is -0.450 e. The van der Waals surface area contributed by atoms with Gasteiger partial charge in [0.05, 0.1) is 18.6 Å². The van der Waals surface area contributed by atoms with Crippen LogP contribution in [0.25, 0.3) is 0 Å². The van der Waals surface area contributed by atoms with E-state index in [9.17, 15) is 30.3 Å². The molecular formula is C26H38N2O10. The lowest BCUT2D eigenvalue weighted by atomic mass is 9.42. The lowest BCUT2D eigenvalue weighted by Crippen LogP contribution is -2.96. The summed E-state index contributed by atoms with van der Waals surface area (Å²) in [5, 5.41) is 62.3. The zero-order valence-corrected chi connectivity index (χ0v) is 22.4. The van der Waals surface area contributed by atoms with Gasteiger partial charge >= 0.3 is 5.97 Å². The number of hydrogen-bond donors (Lipinski definition) is 7. The van der Waals surface area contributed by atoms with Crippen molar-refractivity contribution in [2.24, 2.45) is 22.7 Å². The molecule has 5 fully saturated rings. The lowest BCUT2D eigenvalue weighted by Gasteiger charge is -2.76. The largest absolute Gasteiger partial charge is 0.450 e. The van der Waals surface area contributed by atoms with E-state index in [4.69, 9.17) is 19.0 Å². The van der Waals surface area contributed by atoms with E-state index >= 15 is 0 Å². The van der Waals surface area contributed by atoms with E-state index in [1.165, 1.54) is 20.1 Å². The van der Waals surface area contributed by atoms with Gasteiger partial charge in [0.1, 0.15) is 22.3 Å². The smallest absolute Gasteiger partial charge is 0.355 e. The van der Waals surface area contributed by atoms with Crippen molar-refractivity contribution in [3.63, 3.8) is 0 Å². The molecule has 38 heavy (non-hydrogen) atoms. The molecular weight excluding hydrogens is 500 g/mol. The zero-order chi connectivity index (χ0) is 27.9. The third kappa shape index (κ3) is 2.19. The first-order valence-corrected chi connectivity index (χ1v) is 13.2. The minimum atomic E-state index is -2.67. The summed E-state index contributed by atoms with van der Waals surface area (Å²) in [4.78, 5) is 21.6. The molecule has 5 bridgehead atoms. The first-order chi connectivity index (χ1) is 17.5. The predicted octanol–water partition coefficient (Wildman–Crippen LogP) is -0.0973. The highest BCUT2D eigenvalue weighted by atomic mass is 16.8. The molecule has 4 saturated heterocycles. The van der Waals surface area contributed by atoms with Crippen LogP contribution in [0.5, 0.6) is 0 Å². The highest BCUT2D eigenvalue weighted by molar-refractivity contribution is 5.87. The Bertz CT molecular complexity index is 1180. The number of hydrogen-bond acceptors (Lipinski definition) is 11. The van der Waals surface area contributed by atoms with Crippen LogP contribution < -0.4 is 5.48 Å². The van der Waals surface area contributed by atoms with Crippen LogP contribution in [-0.4, -0.2) is 89.9 Å². The Morgan fingerprint density at radius 2 is 1.89 bits per heavy atom. The Morgan fingerprint density at radius 1 is 1.21 bits per heavy atom. The number of aromatic nitrogens is 1. The average molecular weight is 539 g/mol. The van der Waals surface area contributed by atoms with Crippen LogP contribution in [0.2, 0.25) is 0 Å².